The number of aliphatic carboxylic acids is 2. The summed E-state index contributed by atoms with van der Waals surface area (Å²) in [6.45, 7) is 1.09. The lowest BCUT2D eigenvalue weighted by molar-refractivity contribution is -0.140. The van der Waals surface area contributed by atoms with Gasteiger partial charge in [0, 0.05) is 37.3 Å². The standard InChI is InChI=1S/C21H26N2O9S/c1-14-2-4-18(24)15(8-14)10-22(12-20(26)27)6-7-23(13-21(28)29)11-16-9-17(33(30,31)32)3-5-19(16)25/h2-5,8-9,24-25H,6-7,10-13H2,1H3,(H,26,27)(H,28,29)(H,30,31,32). The second-order valence-electron chi connectivity index (χ2n) is 7.61. The Morgan fingerprint density at radius 2 is 1.27 bits per heavy atom. The van der Waals surface area contributed by atoms with Crippen molar-refractivity contribution in [3.63, 3.8) is 0 Å². The Labute approximate surface area is 190 Å². The monoisotopic (exact) mass is 482 g/mol. The predicted molar refractivity (Wildman–Crippen MR) is 117 cm³/mol. The number of phenols is 2. The topological polar surface area (TPSA) is 176 Å². The van der Waals surface area contributed by atoms with Crippen LogP contribution in [0.4, 0.5) is 0 Å². The van der Waals surface area contributed by atoms with Crippen LogP contribution in [-0.2, 0) is 32.8 Å². The number of hydrogen-bond donors (Lipinski definition) is 5. The van der Waals surface area contributed by atoms with Crippen LogP contribution in [0.2, 0.25) is 0 Å². The van der Waals surface area contributed by atoms with Crippen molar-refractivity contribution in [3.05, 3.63) is 53.1 Å². The molecule has 0 aliphatic rings. The minimum Gasteiger partial charge on any atom is -0.508 e. The highest BCUT2D eigenvalue weighted by Crippen LogP contribution is 2.23. The third-order valence-electron chi connectivity index (χ3n) is 4.82. The van der Waals surface area contributed by atoms with Crippen LogP contribution in [0.5, 0.6) is 11.5 Å². The van der Waals surface area contributed by atoms with Crippen LogP contribution in [0.1, 0.15) is 16.7 Å². The van der Waals surface area contributed by atoms with E-state index in [0.29, 0.717) is 5.56 Å². The molecule has 2 aromatic carbocycles. The van der Waals surface area contributed by atoms with Crippen molar-refractivity contribution in [1.82, 2.24) is 9.80 Å². The number of hydrogen-bond acceptors (Lipinski definition) is 8. The van der Waals surface area contributed by atoms with Gasteiger partial charge < -0.3 is 20.4 Å². The number of rotatable bonds is 12. The van der Waals surface area contributed by atoms with Gasteiger partial charge in [0.2, 0.25) is 0 Å². The average molecular weight is 483 g/mol. The van der Waals surface area contributed by atoms with Crippen LogP contribution in [0.25, 0.3) is 0 Å². The molecule has 0 fully saturated rings. The molecule has 0 atom stereocenters. The molecule has 0 radical (unpaired) electrons. The van der Waals surface area contributed by atoms with Crippen LogP contribution >= 0.6 is 0 Å². The summed E-state index contributed by atoms with van der Waals surface area (Å²) in [5, 5.41) is 38.6. The number of carboxylic acids is 2. The molecule has 180 valence electrons. The average Bonchev–Trinajstić information content (AvgIpc) is 2.68. The Morgan fingerprint density at radius 3 is 1.73 bits per heavy atom. The molecule has 0 aromatic heterocycles. The molecule has 0 unspecified atom stereocenters. The smallest absolute Gasteiger partial charge is 0.317 e. The Hall–Kier alpha value is -3.19. The van der Waals surface area contributed by atoms with Crippen molar-refractivity contribution in [3.8, 4) is 11.5 Å². The highest BCUT2D eigenvalue weighted by atomic mass is 32.2. The van der Waals surface area contributed by atoms with Crippen molar-refractivity contribution >= 4 is 22.1 Å². The zero-order valence-corrected chi connectivity index (χ0v) is 18.7. The molecule has 33 heavy (non-hydrogen) atoms. The van der Waals surface area contributed by atoms with Gasteiger partial charge in [-0.2, -0.15) is 8.42 Å². The van der Waals surface area contributed by atoms with E-state index in [0.717, 1.165) is 23.8 Å². The number of aryl methyl sites for hydroxylation is 1. The first-order chi connectivity index (χ1) is 15.3. The zero-order chi connectivity index (χ0) is 24.8. The molecule has 11 nitrogen and oxygen atoms in total. The highest BCUT2D eigenvalue weighted by molar-refractivity contribution is 7.85. The molecule has 0 amide bonds. The largest absolute Gasteiger partial charge is 0.508 e. The van der Waals surface area contributed by atoms with Gasteiger partial charge >= 0.3 is 11.9 Å². The number of aromatic hydroxyl groups is 2. The van der Waals surface area contributed by atoms with Crippen LogP contribution in [0, 0.1) is 6.92 Å². The summed E-state index contributed by atoms with van der Waals surface area (Å²) in [4.78, 5) is 25.1. The van der Waals surface area contributed by atoms with E-state index in [1.807, 2.05) is 6.92 Å². The Balaban J connectivity index is 2.21. The zero-order valence-electron chi connectivity index (χ0n) is 17.9. The summed E-state index contributed by atoms with van der Waals surface area (Å²) >= 11 is 0. The van der Waals surface area contributed by atoms with Gasteiger partial charge in [-0.25, -0.2) is 0 Å². The van der Waals surface area contributed by atoms with Crippen LogP contribution in [0.3, 0.4) is 0 Å². The van der Waals surface area contributed by atoms with Gasteiger partial charge in [0.1, 0.15) is 11.5 Å². The van der Waals surface area contributed by atoms with Crippen LogP contribution in [0.15, 0.2) is 41.3 Å². The van der Waals surface area contributed by atoms with E-state index >= 15 is 0 Å². The van der Waals surface area contributed by atoms with Crippen LogP contribution in [-0.4, -0.2) is 81.3 Å². The van der Waals surface area contributed by atoms with Crippen LogP contribution < -0.4 is 0 Å². The molecule has 2 aromatic rings. The van der Waals surface area contributed by atoms with Crippen molar-refractivity contribution in [2.24, 2.45) is 0 Å². The first-order valence-corrected chi connectivity index (χ1v) is 11.3. The number of carbonyl (C=O) groups is 2. The molecule has 0 aliphatic carbocycles. The molecule has 2 rings (SSSR count). The predicted octanol–water partition coefficient (Wildman–Crippen LogP) is 1.13. The summed E-state index contributed by atoms with van der Waals surface area (Å²) < 4.78 is 32.0. The number of nitrogens with zero attached hydrogens (tertiary/aromatic N) is 2. The number of carboxylic acid groups (broad SMARTS) is 2. The fraction of sp³-hybridized carbons (Fsp3) is 0.333. The SMILES string of the molecule is Cc1ccc(O)c(CN(CCN(CC(=O)O)Cc2cc(S(=O)(=O)O)ccc2O)CC(=O)O)c1. The summed E-state index contributed by atoms with van der Waals surface area (Å²) in [6, 6.07) is 8.07. The molecule has 5 N–H and O–H groups in total. The fourth-order valence-electron chi connectivity index (χ4n) is 3.27. The van der Waals surface area contributed by atoms with E-state index in [4.69, 9.17) is 0 Å². The molecular formula is C21H26N2O9S. The molecule has 0 spiro atoms. The molecule has 0 saturated carbocycles. The van der Waals surface area contributed by atoms with Gasteiger partial charge in [-0.05, 0) is 31.2 Å². The lowest BCUT2D eigenvalue weighted by atomic mass is 10.1. The van der Waals surface area contributed by atoms with E-state index in [9.17, 15) is 43.0 Å². The molecule has 12 heteroatoms. The van der Waals surface area contributed by atoms with E-state index in [-0.39, 0.29) is 49.8 Å². The first kappa shape index (κ1) is 26.1. The maximum absolute atomic E-state index is 11.4. The minimum absolute atomic E-state index is 0.00494. The molecule has 0 aliphatic heterocycles. The van der Waals surface area contributed by atoms with Gasteiger partial charge in [0.05, 0.1) is 18.0 Å². The van der Waals surface area contributed by atoms with E-state index in [2.05, 4.69) is 0 Å². The lowest BCUT2D eigenvalue weighted by Crippen LogP contribution is -2.39. The van der Waals surface area contributed by atoms with Crippen molar-refractivity contribution in [2.45, 2.75) is 24.9 Å². The fourth-order valence-corrected chi connectivity index (χ4v) is 3.80. The third-order valence-corrected chi connectivity index (χ3v) is 5.67. The lowest BCUT2D eigenvalue weighted by Gasteiger charge is -2.26. The third kappa shape index (κ3) is 8.35. The van der Waals surface area contributed by atoms with E-state index in [1.54, 1.807) is 12.1 Å². The van der Waals surface area contributed by atoms with Gasteiger partial charge in [-0.1, -0.05) is 17.7 Å². The highest BCUT2D eigenvalue weighted by Gasteiger charge is 2.19. The Morgan fingerprint density at radius 1 is 0.818 bits per heavy atom. The summed E-state index contributed by atoms with van der Waals surface area (Å²) in [6.07, 6.45) is 0. The second-order valence-corrected chi connectivity index (χ2v) is 9.03. The molecular weight excluding hydrogens is 456 g/mol. The second kappa shape index (κ2) is 11.1. The molecule has 0 heterocycles. The van der Waals surface area contributed by atoms with Crippen molar-refractivity contribution < 1.29 is 43.0 Å². The molecule has 0 saturated heterocycles. The van der Waals surface area contributed by atoms with E-state index < -0.39 is 33.5 Å². The van der Waals surface area contributed by atoms with Crippen molar-refractivity contribution in [1.29, 1.82) is 0 Å². The van der Waals surface area contributed by atoms with Crippen molar-refractivity contribution in [2.75, 3.05) is 26.2 Å². The maximum atomic E-state index is 11.4. The van der Waals surface area contributed by atoms with Gasteiger partial charge in [0.15, 0.2) is 0 Å². The Kier molecular flexibility index (Phi) is 8.76. The summed E-state index contributed by atoms with van der Waals surface area (Å²) in [7, 11) is -4.53. The summed E-state index contributed by atoms with van der Waals surface area (Å²) in [5.41, 5.74) is 1.46. The molecule has 0 bridgehead atoms. The number of phenolic OH excluding ortho intramolecular Hbond substituents is 2. The maximum Gasteiger partial charge on any atom is 0.317 e. The van der Waals surface area contributed by atoms with Gasteiger partial charge in [0.25, 0.3) is 10.1 Å². The first-order valence-electron chi connectivity index (χ1n) is 9.81. The van der Waals surface area contributed by atoms with Gasteiger partial charge in [-0.3, -0.25) is 23.9 Å². The number of benzene rings is 2. The minimum atomic E-state index is -4.53. The Bertz CT molecular complexity index is 1120. The van der Waals surface area contributed by atoms with Gasteiger partial charge in [-0.15, -0.1) is 0 Å². The normalized spacial score (nSPS) is 11.8. The quantitative estimate of drug-likeness (QED) is 0.274. The summed E-state index contributed by atoms with van der Waals surface area (Å²) in [5.74, 6) is -2.57. The van der Waals surface area contributed by atoms with E-state index in [1.165, 1.54) is 15.9 Å².